The van der Waals surface area contributed by atoms with E-state index < -0.39 is 5.54 Å². The van der Waals surface area contributed by atoms with Gasteiger partial charge in [-0.2, -0.15) is 11.8 Å². The number of nitrogens with two attached hydrogens (primary N) is 1. The molecular formula is C16H25ClN2OS. The molecule has 3 atom stereocenters. The van der Waals surface area contributed by atoms with Crippen LogP contribution in [0.3, 0.4) is 0 Å². The van der Waals surface area contributed by atoms with Gasteiger partial charge in [0.05, 0.1) is 0 Å². The van der Waals surface area contributed by atoms with Crippen molar-refractivity contribution in [1.82, 2.24) is 5.32 Å². The summed E-state index contributed by atoms with van der Waals surface area (Å²) < 4.78 is 0. The maximum absolute atomic E-state index is 12.5. The Morgan fingerprint density at radius 1 is 1.38 bits per heavy atom. The van der Waals surface area contributed by atoms with Crippen molar-refractivity contribution in [3.63, 3.8) is 0 Å². The van der Waals surface area contributed by atoms with Crippen molar-refractivity contribution in [2.45, 2.75) is 49.9 Å². The van der Waals surface area contributed by atoms with Gasteiger partial charge in [0.2, 0.25) is 5.91 Å². The van der Waals surface area contributed by atoms with E-state index in [2.05, 4.69) is 12.2 Å². The van der Waals surface area contributed by atoms with Crippen LogP contribution < -0.4 is 11.1 Å². The van der Waals surface area contributed by atoms with Crippen LogP contribution in [0.4, 0.5) is 0 Å². The van der Waals surface area contributed by atoms with Gasteiger partial charge in [0.15, 0.2) is 0 Å². The van der Waals surface area contributed by atoms with Crippen molar-refractivity contribution in [2.75, 3.05) is 5.75 Å². The molecule has 1 aromatic carbocycles. The molecule has 3 N–H and O–H groups in total. The minimum absolute atomic E-state index is 0. The van der Waals surface area contributed by atoms with Crippen LogP contribution >= 0.6 is 24.2 Å². The second-order valence-corrected chi connectivity index (χ2v) is 7.09. The molecule has 1 aliphatic rings. The summed E-state index contributed by atoms with van der Waals surface area (Å²) in [4.78, 5) is 12.5. The third kappa shape index (κ3) is 4.38. The molecule has 0 aliphatic heterocycles. The van der Waals surface area contributed by atoms with Gasteiger partial charge in [-0.05, 0) is 31.1 Å². The van der Waals surface area contributed by atoms with Crippen molar-refractivity contribution in [2.24, 2.45) is 5.73 Å². The highest BCUT2D eigenvalue weighted by atomic mass is 35.5. The Morgan fingerprint density at radius 2 is 2.05 bits per heavy atom. The summed E-state index contributed by atoms with van der Waals surface area (Å²) in [5.74, 6) is 1.02. The van der Waals surface area contributed by atoms with Crippen molar-refractivity contribution < 1.29 is 4.79 Å². The summed E-state index contributed by atoms with van der Waals surface area (Å²) in [5, 5.41) is 3.71. The smallest absolute Gasteiger partial charge is 0.244 e. The number of hydrogen-bond acceptors (Lipinski definition) is 3. The lowest BCUT2D eigenvalue weighted by Crippen LogP contribution is -2.53. The van der Waals surface area contributed by atoms with Crippen molar-refractivity contribution in [3.05, 3.63) is 35.9 Å². The Hall–Kier alpha value is -0.710. The van der Waals surface area contributed by atoms with Gasteiger partial charge < -0.3 is 11.1 Å². The van der Waals surface area contributed by atoms with E-state index in [0.717, 1.165) is 17.7 Å². The number of carbonyl (C=O) groups is 1. The molecule has 0 bridgehead atoms. The van der Waals surface area contributed by atoms with Crippen LogP contribution in [0, 0.1) is 0 Å². The maximum atomic E-state index is 12.5. The average Bonchev–Trinajstić information content (AvgIpc) is 2.87. The number of thioether (sulfide) groups is 1. The Balaban J connectivity index is 0.00000220. The summed E-state index contributed by atoms with van der Waals surface area (Å²) in [7, 11) is 0. The second kappa shape index (κ2) is 8.06. The minimum Gasteiger partial charge on any atom is -0.350 e. The lowest BCUT2D eigenvalue weighted by molar-refractivity contribution is -0.126. The first-order chi connectivity index (χ1) is 9.55. The molecule has 1 aromatic rings. The summed E-state index contributed by atoms with van der Waals surface area (Å²) in [6.45, 7) is 3.95. The molecule has 0 radical (unpaired) electrons. The van der Waals surface area contributed by atoms with E-state index in [1.54, 1.807) is 6.92 Å². The van der Waals surface area contributed by atoms with Crippen LogP contribution in [-0.2, 0) is 10.3 Å². The maximum Gasteiger partial charge on any atom is 0.244 e. The van der Waals surface area contributed by atoms with E-state index in [-0.39, 0.29) is 24.4 Å². The van der Waals surface area contributed by atoms with Gasteiger partial charge in [0, 0.05) is 11.3 Å². The molecule has 1 aliphatic carbocycles. The summed E-state index contributed by atoms with van der Waals surface area (Å²) >= 11 is 1.94. The van der Waals surface area contributed by atoms with Crippen LogP contribution in [0.15, 0.2) is 30.3 Å². The fourth-order valence-corrected chi connectivity index (χ4v) is 3.94. The number of carbonyl (C=O) groups excluding carboxylic acids is 1. The summed E-state index contributed by atoms with van der Waals surface area (Å²) in [6, 6.07) is 9.85. The molecule has 1 amide bonds. The van der Waals surface area contributed by atoms with Gasteiger partial charge in [0.1, 0.15) is 5.54 Å². The highest BCUT2D eigenvalue weighted by Crippen LogP contribution is 2.30. The van der Waals surface area contributed by atoms with Crippen molar-refractivity contribution >= 4 is 30.1 Å². The molecule has 2 rings (SSSR count). The Bertz CT molecular complexity index is 453. The fourth-order valence-electron chi connectivity index (χ4n) is 2.74. The van der Waals surface area contributed by atoms with Gasteiger partial charge in [-0.15, -0.1) is 12.4 Å². The molecule has 1 saturated carbocycles. The molecule has 21 heavy (non-hydrogen) atoms. The largest absolute Gasteiger partial charge is 0.350 e. The van der Waals surface area contributed by atoms with E-state index >= 15 is 0 Å². The van der Waals surface area contributed by atoms with Gasteiger partial charge in [-0.1, -0.05) is 43.7 Å². The monoisotopic (exact) mass is 328 g/mol. The zero-order valence-electron chi connectivity index (χ0n) is 12.7. The van der Waals surface area contributed by atoms with Crippen molar-refractivity contribution in [3.8, 4) is 0 Å². The molecular weight excluding hydrogens is 304 g/mol. The van der Waals surface area contributed by atoms with Crippen LogP contribution in [-0.4, -0.2) is 23.0 Å². The van der Waals surface area contributed by atoms with E-state index in [0.29, 0.717) is 5.25 Å². The molecule has 0 saturated heterocycles. The van der Waals surface area contributed by atoms with E-state index in [1.807, 2.05) is 42.1 Å². The Labute approximate surface area is 137 Å². The lowest BCUT2D eigenvalue weighted by atomic mass is 9.92. The number of rotatable bonds is 5. The third-order valence-corrected chi connectivity index (χ3v) is 5.32. The molecule has 3 nitrogen and oxygen atoms in total. The van der Waals surface area contributed by atoms with Gasteiger partial charge >= 0.3 is 0 Å². The lowest BCUT2D eigenvalue weighted by Gasteiger charge is -2.28. The standard InChI is InChI=1S/C16H24N2OS.ClH/c1-3-20-14-11-7-10-13(14)18-15(19)16(2,17)12-8-5-4-6-9-12;/h4-6,8-9,13-14H,3,7,10-11,17H2,1-2H3,(H,18,19);1H. The predicted molar refractivity (Wildman–Crippen MR) is 92.9 cm³/mol. The molecule has 0 spiro atoms. The Morgan fingerprint density at radius 3 is 2.67 bits per heavy atom. The fraction of sp³-hybridized carbons (Fsp3) is 0.562. The molecule has 1 fully saturated rings. The molecule has 0 heterocycles. The summed E-state index contributed by atoms with van der Waals surface area (Å²) in [5.41, 5.74) is 6.15. The normalized spacial score (nSPS) is 24.0. The number of benzene rings is 1. The number of hydrogen-bond donors (Lipinski definition) is 2. The van der Waals surface area contributed by atoms with Crippen LogP contribution in [0.1, 0.15) is 38.7 Å². The van der Waals surface area contributed by atoms with Gasteiger partial charge in [-0.25, -0.2) is 0 Å². The average molecular weight is 329 g/mol. The minimum atomic E-state index is -0.967. The first-order valence-corrected chi connectivity index (χ1v) is 8.37. The van der Waals surface area contributed by atoms with E-state index in [4.69, 9.17) is 5.73 Å². The van der Waals surface area contributed by atoms with Crippen LogP contribution in [0.5, 0.6) is 0 Å². The first-order valence-electron chi connectivity index (χ1n) is 7.32. The Kier molecular flexibility index (Phi) is 7.04. The number of amides is 1. The first kappa shape index (κ1) is 18.3. The van der Waals surface area contributed by atoms with Crippen LogP contribution in [0.2, 0.25) is 0 Å². The highest BCUT2D eigenvalue weighted by Gasteiger charge is 2.35. The number of nitrogens with one attached hydrogen (secondary N) is 1. The SMILES string of the molecule is CCSC1CCCC1NC(=O)C(C)(N)c1ccccc1.Cl. The number of halogens is 1. The molecule has 3 unspecified atom stereocenters. The van der Waals surface area contributed by atoms with Gasteiger partial charge in [-0.3, -0.25) is 4.79 Å². The van der Waals surface area contributed by atoms with Crippen LogP contribution in [0.25, 0.3) is 0 Å². The predicted octanol–water partition coefficient (Wildman–Crippen LogP) is 3.07. The third-order valence-electron chi connectivity index (χ3n) is 3.99. The highest BCUT2D eigenvalue weighted by molar-refractivity contribution is 7.99. The van der Waals surface area contributed by atoms with E-state index in [9.17, 15) is 4.79 Å². The van der Waals surface area contributed by atoms with Gasteiger partial charge in [0.25, 0.3) is 0 Å². The topological polar surface area (TPSA) is 55.1 Å². The molecule has 118 valence electrons. The quantitative estimate of drug-likeness (QED) is 0.873. The van der Waals surface area contributed by atoms with E-state index in [1.165, 1.54) is 12.8 Å². The van der Waals surface area contributed by atoms with Crippen molar-refractivity contribution in [1.29, 1.82) is 0 Å². The zero-order chi connectivity index (χ0) is 14.6. The summed E-state index contributed by atoms with van der Waals surface area (Å²) in [6.07, 6.45) is 3.44. The molecule has 5 heteroatoms. The second-order valence-electron chi connectivity index (χ2n) is 5.57. The molecule has 0 aromatic heterocycles. The zero-order valence-corrected chi connectivity index (χ0v) is 14.3.